The summed E-state index contributed by atoms with van der Waals surface area (Å²) in [5, 5.41) is 20.4. The highest BCUT2D eigenvalue weighted by Gasteiger charge is 2.31. The van der Waals surface area contributed by atoms with Crippen LogP contribution in [0.4, 0.5) is 13.2 Å². The number of aromatic hydroxyl groups is 1. The summed E-state index contributed by atoms with van der Waals surface area (Å²) in [4.78, 5) is -0.937. The molecule has 33 heavy (non-hydrogen) atoms. The maximum absolute atomic E-state index is 13.0. The van der Waals surface area contributed by atoms with Crippen LogP contribution < -0.4 is 4.74 Å². The topological polar surface area (TPSA) is 87.4 Å². The molecule has 0 unspecified atom stereocenters. The Morgan fingerprint density at radius 3 is 1.79 bits per heavy atom. The van der Waals surface area contributed by atoms with Gasteiger partial charge in [-0.1, -0.05) is 41.5 Å². The Kier molecular flexibility index (Phi) is 6.96. The molecule has 178 valence electrons. The molecule has 0 aromatic heterocycles. The zero-order chi connectivity index (χ0) is 25.4. The number of nitrogens with zero attached hydrogens (tertiary/aromatic N) is 1. The summed E-state index contributed by atoms with van der Waals surface area (Å²) in [6, 6.07) is 8.54. The summed E-state index contributed by atoms with van der Waals surface area (Å²) >= 11 is 0. The molecule has 9 heteroatoms. The number of phenolic OH excluding ortho intramolecular Hbond substituents is 1. The van der Waals surface area contributed by atoms with Gasteiger partial charge in [0.1, 0.15) is 22.5 Å². The number of halogens is 3. The molecule has 0 amide bonds. The lowest BCUT2D eigenvalue weighted by Gasteiger charge is -2.28. The molecule has 5 nitrogen and oxygen atoms in total. The van der Waals surface area contributed by atoms with E-state index in [1.165, 1.54) is 6.08 Å². The van der Waals surface area contributed by atoms with E-state index in [2.05, 4.69) is 4.74 Å². The Morgan fingerprint density at radius 1 is 0.970 bits per heavy atom. The van der Waals surface area contributed by atoms with Crippen LogP contribution in [0.1, 0.15) is 58.2 Å². The molecule has 0 aliphatic carbocycles. The standard InChI is InChI=1S/C24H26F3NO4S/c1-22(2,3)19-12-15(13-20(21(19)29)23(4,5)6)11-18(14-28)33(30,31)17-9-7-16(8-10-17)32-24(25,26)27/h7-13,29H,1-6H3. The Bertz CT molecular complexity index is 1170. The van der Waals surface area contributed by atoms with Crippen LogP contribution >= 0.6 is 0 Å². The van der Waals surface area contributed by atoms with Crippen molar-refractivity contribution < 1.29 is 31.4 Å². The van der Waals surface area contributed by atoms with E-state index in [1.807, 2.05) is 41.5 Å². The first-order valence-corrected chi connectivity index (χ1v) is 11.5. The first-order chi connectivity index (χ1) is 14.9. The molecule has 2 rings (SSSR count). The first-order valence-electron chi connectivity index (χ1n) is 9.97. The van der Waals surface area contributed by atoms with Crippen LogP contribution in [0.2, 0.25) is 0 Å². The summed E-state index contributed by atoms with van der Waals surface area (Å²) in [7, 11) is -4.32. The number of alkyl halides is 3. The number of phenols is 1. The van der Waals surface area contributed by atoms with Crippen molar-refractivity contribution in [3.8, 4) is 17.6 Å². The molecular weight excluding hydrogens is 455 g/mol. The number of benzene rings is 2. The zero-order valence-electron chi connectivity index (χ0n) is 19.2. The summed E-state index contributed by atoms with van der Waals surface area (Å²) in [5.41, 5.74) is 0.649. The number of nitriles is 1. The Balaban J connectivity index is 2.62. The SMILES string of the molecule is CC(C)(C)c1cc(C=C(C#N)S(=O)(=O)c2ccc(OC(F)(F)F)cc2)cc(C(C)(C)C)c1O. The Morgan fingerprint density at radius 2 is 1.42 bits per heavy atom. The number of hydrogen-bond acceptors (Lipinski definition) is 5. The minimum absolute atomic E-state index is 0.105. The van der Waals surface area contributed by atoms with Crippen molar-refractivity contribution in [1.29, 1.82) is 5.26 Å². The molecule has 1 N–H and O–H groups in total. The molecule has 0 fully saturated rings. The first kappa shape index (κ1) is 26.3. The second-order valence-corrected chi connectivity index (χ2v) is 11.5. The summed E-state index contributed by atoms with van der Waals surface area (Å²) in [6.07, 6.45) is -3.72. The van der Waals surface area contributed by atoms with E-state index in [9.17, 15) is 32.0 Å². The van der Waals surface area contributed by atoms with E-state index in [0.717, 1.165) is 24.3 Å². The van der Waals surface area contributed by atoms with Crippen molar-refractivity contribution in [3.63, 3.8) is 0 Å². The van der Waals surface area contributed by atoms with Crippen LogP contribution in [0.3, 0.4) is 0 Å². The fourth-order valence-corrected chi connectivity index (χ4v) is 4.31. The molecule has 0 radical (unpaired) electrons. The minimum Gasteiger partial charge on any atom is -0.507 e. The third-order valence-corrected chi connectivity index (χ3v) is 6.49. The van der Waals surface area contributed by atoms with Crippen molar-refractivity contribution in [3.05, 3.63) is 58.0 Å². The Hall–Kier alpha value is -2.99. The molecule has 0 bridgehead atoms. The fraction of sp³-hybridized carbons (Fsp3) is 0.375. The molecule has 0 heterocycles. The van der Waals surface area contributed by atoms with Crippen LogP contribution in [-0.4, -0.2) is 19.9 Å². The molecule has 2 aromatic carbocycles. The fourth-order valence-electron chi connectivity index (χ4n) is 3.15. The van der Waals surface area contributed by atoms with Crippen LogP contribution in [0.15, 0.2) is 46.2 Å². The minimum atomic E-state index is -4.91. The van der Waals surface area contributed by atoms with Gasteiger partial charge in [-0.3, -0.25) is 0 Å². The van der Waals surface area contributed by atoms with Crippen molar-refractivity contribution in [1.82, 2.24) is 0 Å². The molecule has 0 saturated heterocycles. The van der Waals surface area contributed by atoms with Crippen LogP contribution in [0.5, 0.6) is 11.5 Å². The lowest BCUT2D eigenvalue weighted by molar-refractivity contribution is -0.274. The molecule has 0 aliphatic rings. The average molecular weight is 482 g/mol. The largest absolute Gasteiger partial charge is 0.573 e. The molecule has 0 atom stereocenters. The van der Waals surface area contributed by atoms with Gasteiger partial charge >= 0.3 is 6.36 Å². The third-order valence-electron chi connectivity index (χ3n) is 4.81. The summed E-state index contributed by atoms with van der Waals surface area (Å²) in [5.74, 6) is -0.471. The predicted octanol–water partition coefficient (Wildman–Crippen LogP) is 6.22. The zero-order valence-corrected chi connectivity index (χ0v) is 20.0. The quantitative estimate of drug-likeness (QED) is 0.524. The number of allylic oxidation sites excluding steroid dienone is 1. The predicted molar refractivity (Wildman–Crippen MR) is 119 cm³/mol. The second kappa shape index (κ2) is 8.75. The van der Waals surface area contributed by atoms with E-state index in [1.54, 1.807) is 18.2 Å². The van der Waals surface area contributed by atoms with Crippen LogP contribution in [0, 0.1) is 11.3 Å². The third kappa shape index (κ3) is 6.29. The molecular formula is C24H26F3NO4S. The monoisotopic (exact) mass is 481 g/mol. The molecule has 2 aromatic rings. The molecule has 0 spiro atoms. The van der Waals surface area contributed by atoms with Gasteiger partial charge in [-0.05, 0) is 58.9 Å². The van der Waals surface area contributed by atoms with E-state index < -0.39 is 37.7 Å². The van der Waals surface area contributed by atoms with Gasteiger partial charge < -0.3 is 9.84 Å². The molecule has 0 aliphatic heterocycles. The van der Waals surface area contributed by atoms with Crippen molar-refractivity contribution in [2.75, 3.05) is 0 Å². The van der Waals surface area contributed by atoms with Crippen LogP contribution in [-0.2, 0) is 20.7 Å². The lowest BCUT2D eigenvalue weighted by atomic mass is 9.78. The van der Waals surface area contributed by atoms with Gasteiger partial charge in [-0.2, -0.15) is 5.26 Å². The van der Waals surface area contributed by atoms with E-state index in [4.69, 9.17) is 0 Å². The number of sulfone groups is 1. The van der Waals surface area contributed by atoms with Crippen molar-refractivity contribution in [2.24, 2.45) is 0 Å². The van der Waals surface area contributed by atoms with E-state index >= 15 is 0 Å². The van der Waals surface area contributed by atoms with Crippen molar-refractivity contribution in [2.45, 2.75) is 63.6 Å². The van der Waals surface area contributed by atoms with Gasteiger partial charge in [0.25, 0.3) is 0 Å². The highest BCUT2D eigenvalue weighted by atomic mass is 32.2. The Labute approximate surface area is 192 Å². The van der Waals surface area contributed by atoms with E-state index in [-0.39, 0.29) is 10.6 Å². The van der Waals surface area contributed by atoms with Crippen LogP contribution in [0.25, 0.3) is 6.08 Å². The average Bonchev–Trinajstić information content (AvgIpc) is 2.64. The number of rotatable bonds is 4. The van der Waals surface area contributed by atoms with E-state index in [0.29, 0.717) is 16.7 Å². The number of ether oxygens (including phenoxy) is 1. The van der Waals surface area contributed by atoms with Gasteiger partial charge in [0.15, 0.2) is 0 Å². The normalized spacial score (nSPS) is 13.5. The highest BCUT2D eigenvalue weighted by Crippen LogP contribution is 2.40. The smallest absolute Gasteiger partial charge is 0.507 e. The van der Waals surface area contributed by atoms with Gasteiger partial charge in [0.05, 0.1) is 4.90 Å². The van der Waals surface area contributed by atoms with Gasteiger partial charge in [0, 0.05) is 11.1 Å². The molecule has 0 saturated carbocycles. The van der Waals surface area contributed by atoms with Gasteiger partial charge in [0.2, 0.25) is 9.84 Å². The number of hydrogen-bond donors (Lipinski definition) is 1. The van der Waals surface area contributed by atoms with Gasteiger partial charge in [-0.15, -0.1) is 13.2 Å². The summed E-state index contributed by atoms with van der Waals surface area (Å²) in [6.45, 7) is 11.4. The maximum atomic E-state index is 13.0. The maximum Gasteiger partial charge on any atom is 0.573 e. The lowest BCUT2D eigenvalue weighted by Crippen LogP contribution is -2.17. The van der Waals surface area contributed by atoms with Gasteiger partial charge in [-0.25, -0.2) is 8.42 Å². The summed E-state index contributed by atoms with van der Waals surface area (Å²) < 4.78 is 66.8. The highest BCUT2D eigenvalue weighted by molar-refractivity contribution is 7.95. The van der Waals surface area contributed by atoms with Crippen molar-refractivity contribution >= 4 is 15.9 Å². The second-order valence-electron chi connectivity index (χ2n) is 9.61.